The smallest absolute Gasteiger partial charge is 0.220 e. The molecule has 3 heteroatoms. The molecule has 0 bridgehead atoms. The van der Waals surface area contributed by atoms with Gasteiger partial charge < -0.3 is 10.1 Å². The fraction of sp³-hybridized carbons (Fsp3) is 0.923. The Morgan fingerprint density at radius 2 is 1.88 bits per heavy atom. The number of nitrogens with one attached hydrogen (secondary N) is 1. The third-order valence-electron chi connectivity index (χ3n) is 2.72. The van der Waals surface area contributed by atoms with E-state index in [0.29, 0.717) is 18.9 Å². The van der Waals surface area contributed by atoms with Gasteiger partial charge in [-0.1, -0.05) is 39.5 Å². The van der Waals surface area contributed by atoms with Gasteiger partial charge in [0.2, 0.25) is 5.91 Å². The zero-order valence-electron chi connectivity index (χ0n) is 11.1. The van der Waals surface area contributed by atoms with E-state index in [1.807, 2.05) is 0 Å². The van der Waals surface area contributed by atoms with Gasteiger partial charge in [-0.05, 0) is 12.3 Å². The van der Waals surface area contributed by atoms with E-state index < -0.39 is 0 Å². The van der Waals surface area contributed by atoms with Gasteiger partial charge in [-0.15, -0.1) is 0 Å². The molecule has 1 amide bonds. The van der Waals surface area contributed by atoms with Crippen LogP contribution in [-0.2, 0) is 9.53 Å². The molecule has 0 aliphatic rings. The summed E-state index contributed by atoms with van der Waals surface area (Å²) in [5.41, 5.74) is 0. The van der Waals surface area contributed by atoms with Crippen LogP contribution in [0, 0.1) is 5.92 Å². The number of methoxy groups -OCH3 is 1. The number of ether oxygens (including phenoxy) is 1. The summed E-state index contributed by atoms with van der Waals surface area (Å²) < 4.78 is 4.93. The lowest BCUT2D eigenvalue weighted by molar-refractivity contribution is -0.122. The summed E-state index contributed by atoms with van der Waals surface area (Å²) in [6, 6.07) is 0. The van der Waals surface area contributed by atoms with Crippen LogP contribution < -0.4 is 5.32 Å². The van der Waals surface area contributed by atoms with Crippen molar-refractivity contribution in [2.45, 2.75) is 52.4 Å². The second-order valence-corrected chi connectivity index (χ2v) is 4.34. The molecule has 0 saturated carbocycles. The number of hydrogen-bond acceptors (Lipinski definition) is 2. The average Bonchev–Trinajstić information content (AvgIpc) is 2.25. The second-order valence-electron chi connectivity index (χ2n) is 4.34. The van der Waals surface area contributed by atoms with Crippen molar-refractivity contribution in [2.24, 2.45) is 5.92 Å². The van der Waals surface area contributed by atoms with E-state index in [1.54, 1.807) is 7.11 Å². The predicted octanol–water partition coefficient (Wildman–Crippen LogP) is 2.75. The first-order valence-electron chi connectivity index (χ1n) is 6.50. The summed E-state index contributed by atoms with van der Waals surface area (Å²) in [6.45, 7) is 5.81. The van der Waals surface area contributed by atoms with Crippen molar-refractivity contribution in [3.8, 4) is 0 Å². The van der Waals surface area contributed by atoms with Gasteiger partial charge in [0.25, 0.3) is 0 Å². The van der Waals surface area contributed by atoms with Gasteiger partial charge in [0, 0.05) is 26.7 Å². The summed E-state index contributed by atoms with van der Waals surface area (Å²) in [5.74, 6) is 0.764. The normalized spacial score (nSPS) is 10.8. The first-order chi connectivity index (χ1) is 7.74. The molecule has 0 rings (SSSR count). The first kappa shape index (κ1) is 15.4. The lowest BCUT2D eigenvalue weighted by Gasteiger charge is -2.14. The highest BCUT2D eigenvalue weighted by atomic mass is 16.5. The van der Waals surface area contributed by atoms with E-state index in [4.69, 9.17) is 4.74 Å². The van der Waals surface area contributed by atoms with Gasteiger partial charge >= 0.3 is 0 Å². The van der Waals surface area contributed by atoms with Crippen LogP contribution in [0.5, 0.6) is 0 Å². The topological polar surface area (TPSA) is 38.3 Å². The zero-order valence-corrected chi connectivity index (χ0v) is 11.1. The molecule has 0 saturated heterocycles. The van der Waals surface area contributed by atoms with E-state index in [1.165, 1.54) is 25.7 Å². The minimum Gasteiger partial charge on any atom is -0.385 e. The minimum absolute atomic E-state index is 0.197. The molecule has 0 atom stereocenters. The molecule has 16 heavy (non-hydrogen) atoms. The zero-order chi connectivity index (χ0) is 12.2. The minimum atomic E-state index is 0.197. The van der Waals surface area contributed by atoms with Crippen LogP contribution >= 0.6 is 0 Å². The standard InChI is InChI=1S/C13H27NO2/c1-4-7-12(8-5-2)11-13(15)14-9-6-10-16-3/h12H,4-11H2,1-3H3,(H,14,15). The quantitative estimate of drug-likeness (QED) is 0.585. The van der Waals surface area contributed by atoms with Crippen LogP contribution in [0.25, 0.3) is 0 Å². The molecule has 96 valence electrons. The molecule has 0 spiro atoms. The molecule has 0 unspecified atom stereocenters. The maximum atomic E-state index is 11.6. The molecule has 0 aromatic rings. The highest BCUT2D eigenvalue weighted by Gasteiger charge is 2.11. The summed E-state index contributed by atoms with van der Waals surface area (Å²) in [4.78, 5) is 11.6. The van der Waals surface area contributed by atoms with Gasteiger partial charge in [-0.2, -0.15) is 0 Å². The first-order valence-corrected chi connectivity index (χ1v) is 6.50. The number of carbonyl (C=O) groups excluding carboxylic acids is 1. The lowest BCUT2D eigenvalue weighted by Crippen LogP contribution is -2.27. The molecule has 0 aliphatic heterocycles. The second kappa shape index (κ2) is 10.9. The SMILES string of the molecule is CCCC(CCC)CC(=O)NCCCOC. The van der Waals surface area contributed by atoms with E-state index in [2.05, 4.69) is 19.2 Å². The van der Waals surface area contributed by atoms with Crippen molar-refractivity contribution in [2.75, 3.05) is 20.3 Å². The Hall–Kier alpha value is -0.570. The molecule has 3 nitrogen and oxygen atoms in total. The van der Waals surface area contributed by atoms with Crippen molar-refractivity contribution in [3.63, 3.8) is 0 Å². The maximum absolute atomic E-state index is 11.6. The molecule has 1 N–H and O–H groups in total. The summed E-state index contributed by atoms with van der Waals surface area (Å²) >= 11 is 0. The predicted molar refractivity (Wildman–Crippen MR) is 67.4 cm³/mol. The van der Waals surface area contributed by atoms with Gasteiger partial charge in [0.1, 0.15) is 0 Å². The molecular formula is C13H27NO2. The molecule has 0 radical (unpaired) electrons. The third-order valence-corrected chi connectivity index (χ3v) is 2.72. The summed E-state index contributed by atoms with van der Waals surface area (Å²) in [5, 5.41) is 2.95. The van der Waals surface area contributed by atoms with E-state index >= 15 is 0 Å². The third kappa shape index (κ3) is 8.72. The van der Waals surface area contributed by atoms with Crippen molar-refractivity contribution in [1.29, 1.82) is 0 Å². The Balaban J connectivity index is 3.63. The van der Waals surface area contributed by atoms with Crippen molar-refractivity contribution < 1.29 is 9.53 Å². The van der Waals surface area contributed by atoms with Crippen LogP contribution in [-0.4, -0.2) is 26.2 Å². The van der Waals surface area contributed by atoms with E-state index in [9.17, 15) is 4.79 Å². The molecule has 0 heterocycles. The van der Waals surface area contributed by atoms with Gasteiger partial charge in [-0.3, -0.25) is 4.79 Å². The number of rotatable bonds is 10. The fourth-order valence-electron chi connectivity index (χ4n) is 1.94. The van der Waals surface area contributed by atoms with Crippen molar-refractivity contribution >= 4 is 5.91 Å². The number of carbonyl (C=O) groups is 1. The van der Waals surface area contributed by atoms with Crippen LogP contribution in [0.1, 0.15) is 52.4 Å². The fourth-order valence-corrected chi connectivity index (χ4v) is 1.94. The molecule has 0 aromatic heterocycles. The van der Waals surface area contributed by atoms with E-state index in [-0.39, 0.29) is 5.91 Å². The highest BCUT2D eigenvalue weighted by Crippen LogP contribution is 2.17. The number of amides is 1. The van der Waals surface area contributed by atoms with Crippen molar-refractivity contribution in [3.05, 3.63) is 0 Å². The number of hydrogen-bond donors (Lipinski definition) is 1. The largest absolute Gasteiger partial charge is 0.385 e. The average molecular weight is 229 g/mol. The van der Waals surface area contributed by atoms with Crippen molar-refractivity contribution in [1.82, 2.24) is 5.32 Å². The van der Waals surface area contributed by atoms with Crippen LogP contribution in [0.4, 0.5) is 0 Å². The Morgan fingerprint density at radius 1 is 1.25 bits per heavy atom. The van der Waals surface area contributed by atoms with Crippen LogP contribution in [0.3, 0.4) is 0 Å². The van der Waals surface area contributed by atoms with Gasteiger partial charge in [-0.25, -0.2) is 0 Å². The van der Waals surface area contributed by atoms with Gasteiger partial charge in [0.15, 0.2) is 0 Å². The Morgan fingerprint density at radius 3 is 2.38 bits per heavy atom. The summed E-state index contributed by atoms with van der Waals surface area (Å²) in [7, 11) is 1.68. The maximum Gasteiger partial charge on any atom is 0.220 e. The summed E-state index contributed by atoms with van der Waals surface area (Å²) in [6.07, 6.45) is 6.25. The Labute approximate surface area is 99.9 Å². The molecular weight excluding hydrogens is 202 g/mol. The van der Waals surface area contributed by atoms with E-state index in [0.717, 1.165) is 13.0 Å². The Bertz CT molecular complexity index is 165. The molecule has 0 aromatic carbocycles. The monoisotopic (exact) mass is 229 g/mol. The van der Waals surface area contributed by atoms with Crippen LogP contribution in [0.2, 0.25) is 0 Å². The molecule has 0 fully saturated rings. The highest BCUT2D eigenvalue weighted by molar-refractivity contribution is 5.76. The van der Waals surface area contributed by atoms with Crippen LogP contribution in [0.15, 0.2) is 0 Å². The molecule has 0 aliphatic carbocycles. The Kier molecular flexibility index (Phi) is 10.5. The lowest BCUT2D eigenvalue weighted by atomic mass is 9.94. The van der Waals surface area contributed by atoms with Gasteiger partial charge in [0.05, 0.1) is 0 Å².